The largest absolute Gasteiger partial charge is 0.400 e. The summed E-state index contributed by atoms with van der Waals surface area (Å²) in [5.74, 6) is 0. The first-order valence-corrected chi connectivity index (χ1v) is 3.61. The van der Waals surface area contributed by atoms with Crippen molar-refractivity contribution >= 4 is 11.4 Å². The third-order valence-electron chi connectivity index (χ3n) is 1.37. The molecule has 0 aromatic heterocycles. The molecular weight excluding hydrogens is 172 g/mol. The maximum Gasteiger partial charge on any atom is 0.269 e. The Labute approximate surface area is 76.2 Å². The van der Waals surface area contributed by atoms with Gasteiger partial charge >= 0.3 is 0 Å². The fourth-order valence-corrected chi connectivity index (χ4v) is 0.750. The van der Waals surface area contributed by atoms with E-state index >= 15 is 0 Å². The summed E-state index contributed by atoms with van der Waals surface area (Å²) in [6.07, 6.45) is 0. The Bertz CT molecular complexity index is 259. The molecule has 5 heteroatoms. The molecule has 0 unspecified atom stereocenters. The van der Waals surface area contributed by atoms with Crippen LogP contribution in [0.3, 0.4) is 0 Å². The summed E-state index contributed by atoms with van der Waals surface area (Å²) in [7, 11) is 2.77. The average Bonchev–Trinajstić information content (AvgIpc) is 2.21. The van der Waals surface area contributed by atoms with E-state index in [0.29, 0.717) is 0 Å². The van der Waals surface area contributed by atoms with Crippen molar-refractivity contribution < 1.29 is 10.0 Å². The van der Waals surface area contributed by atoms with Gasteiger partial charge in [0.2, 0.25) is 0 Å². The molecule has 13 heavy (non-hydrogen) atoms. The second kappa shape index (κ2) is 5.96. The predicted molar refractivity (Wildman–Crippen MR) is 50.8 cm³/mol. The molecule has 0 atom stereocenters. The van der Waals surface area contributed by atoms with Crippen LogP contribution in [0.2, 0.25) is 0 Å². The van der Waals surface area contributed by atoms with Gasteiger partial charge in [0.05, 0.1) is 4.92 Å². The molecule has 0 aliphatic rings. The Balaban J connectivity index is 0.000000671. The van der Waals surface area contributed by atoms with E-state index in [9.17, 15) is 10.1 Å². The molecule has 0 fully saturated rings. The molecule has 2 N–H and O–H groups in total. The fourth-order valence-electron chi connectivity index (χ4n) is 0.750. The normalized spacial score (nSPS) is 8.23. The number of nitro benzene ring substituents is 1. The van der Waals surface area contributed by atoms with Crippen molar-refractivity contribution in [3.05, 3.63) is 34.4 Å². The van der Waals surface area contributed by atoms with Gasteiger partial charge in [-0.05, 0) is 12.1 Å². The highest BCUT2D eigenvalue weighted by Gasteiger charge is 2.01. The Hall–Kier alpha value is -1.62. The molecule has 5 nitrogen and oxygen atoms in total. The van der Waals surface area contributed by atoms with Crippen LogP contribution < -0.4 is 5.32 Å². The summed E-state index contributed by atoms with van der Waals surface area (Å²) < 4.78 is 0. The maximum absolute atomic E-state index is 10.2. The quantitative estimate of drug-likeness (QED) is 0.535. The molecule has 0 heterocycles. The second-order valence-electron chi connectivity index (χ2n) is 2.05. The number of hydrogen-bond acceptors (Lipinski definition) is 4. The summed E-state index contributed by atoms with van der Waals surface area (Å²) >= 11 is 0. The molecule has 0 radical (unpaired) electrons. The van der Waals surface area contributed by atoms with Gasteiger partial charge in [-0.15, -0.1) is 0 Å². The molecular formula is C8H12N2O3. The van der Waals surface area contributed by atoms with Crippen LogP contribution in [0.1, 0.15) is 0 Å². The van der Waals surface area contributed by atoms with Crippen molar-refractivity contribution in [1.29, 1.82) is 0 Å². The van der Waals surface area contributed by atoms with Crippen LogP contribution in [-0.2, 0) is 0 Å². The van der Waals surface area contributed by atoms with Gasteiger partial charge in [0.15, 0.2) is 0 Å². The summed E-state index contributed by atoms with van der Waals surface area (Å²) in [5.41, 5.74) is 0.986. The minimum absolute atomic E-state index is 0.115. The number of aliphatic hydroxyl groups is 1. The summed E-state index contributed by atoms with van der Waals surface area (Å²) in [5, 5.41) is 20.1. The van der Waals surface area contributed by atoms with Crippen molar-refractivity contribution in [1.82, 2.24) is 0 Å². The fraction of sp³-hybridized carbons (Fsp3) is 0.250. The second-order valence-corrected chi connectivity index (χ2v) is 2.05. The van der Waals surface area contributed by atoms with Crippen molar-refractivity contribution in [2.45, 2.75) is 0 Å². The van der Waals surface area contributed by atoms with E-state index in [0.717, 1.165) is 12.8 Å². The molecule has 0 amide bonds. The number of nitrogens with zero attached hydrogens (tertiary/aromatic N) is 1. The van der Waals surface area contributed by atoms with Crippen LogP contribution in [0.5, 0.6) is 0 Å². The molecule has 0 bridgehead atoms. The Kier molecular flexibility index (Phi) is 5.22. The number of nitro groups is 1. The lowest BCUT2D eigenvalue weighted by molar-refractivity contribution is -0.384. The third-order valence-corrected chi connectivity index (χ3v) is 1.37. The smallest absolute Gasteiger partial charge is 0.269 e. The zero-order chi connectivity index (χ0) is 10.3. The Morgan fingerprint density at radius 1 is 1.31 bits per heavy atom. The lowest BCUT2D eigenvalue weighted by atomic mass is 10.3. The minimum atomic E-state index is -0.417. The minimum Gasteiger partial charge on any atom is -0.400 e. The zero-order valence-electron chi connectivity index (χ0n) is 7.52. The molecule has 0 aliphatic carbocycles. The number of aliphatic hydroxyl groups excluding tert-OH is 1. The lowest BCUT2D eigenvalue weighted by Crippen LogP contribution is -1.89. The summed E-state index contributed by atoms with van der Waals surface area (Å²) in [6.45, 7) is 0. The van der Waals surface area contributed by atoms with Crippen LogP contribution in [0.4, 0.5) is 11.4 Å². The highest BCUT2D eigenvalue weighted by Crippen LogP contribution is 2.14. The molecule has 1 aromatic carbocycles. The van der Waals surface area contributed by atoms with Crippen molar-refractivity contribution in [2.24, 2.45) is 0 Å². The number of anilines is 1. The van der Waals surface area contributed by atoms with E-state index in [1.54, 1.807) is 19.2 Å². The monoisotopic (exact) mass is 184 g/mol. The zero-order valence-corrected chi connectivity index (χ0v) is 7.52. The van der Waals surface area contributed by atoms with E-state index in [1.807, 2.05) is 0 Å². The van der Waals surface area contributed by atoms with Crippen LogP contribution in [0.15, 0.2) is 24.3 Å². The van der Waals surface area contributed by atoms with Gasteiger partial charge in [-0.3, -0.25) is 10.1 Å². The number of hydrogen-bond donors (Lipinski definition) is 2. The summed E-state index contributed by atoms with van der Waals surface area (Å²) in [6, 6.07) is 6.26. The van der Waals surface area contributed by atoms with Gasteiger partial charge < -0.3 is 10.4 Å². The molecule has 72 valence electrons. The Morgan fingerprint density at radius 2 is 1.77 bits per heavy atom. The van der Waals surface area contributed by atoms with Crippen molar-refractivity contribution in [2.75, 3.05) is 19.5 Å². The van der Waals surface area contributed by atoms with E-state index in [1.165, 1.54) is 12.1 Å². The maximum atomic E-state index is 10.2. The Morgan fingerprint density at radius 3 is 2.08 bits per heavy atom. The lowest BCUT2D eigenvalue weighted by Gasteiger charge is -1.96. The highest BCUT2D eigenvalue weighted by molar-refractivity contribution is 5.47. The molecule has 1 aromatic rings. The number of nitrogens with one attached hydrogen (secondary N) is 1. The number of benzene rings is 1. The van der Waals surface area contributed by atoms with E-state index in [-0.39, 0.29) is 5.69 Å². The summed E-state index contributed by atoms with van der Waals surface area (Å²) in [4.78, 5) is 9.77. The van der Waals surface area contributed by atoms with Crippen LogP contribution in [0.25, 0.3) is 0 Å². The average molecular weight is 184 g/mol. The van der Waals surface area contributed by atoms with Crippen molar-refractivity contribution in [3.63, 3.8) is 0 Å². The van der Waals surface area contributed by atoms with E-state index in [4.69, 9.17) is 5.11 Å². The molecule has 0 aliphatic heterocycles. The topological polar surface area (TPSA) is 75.4 Å². The van der Waals surface area contributed by atoms with Crippen molar-refractivity contribution in [3.8, 4) is 0 Å². The molecule has 1 rings (SSSR count). The van der Waals surface area contributed by atoms with Crippen LogP contribution >= 0.6 is 0 Å². The first-order valence-electron chi connectivity index (χ1n) is 3.61. The number of non-ortho nitro benzene ring substituents is 1. The molecule has 0 saturated carbocycles. The SMILES string of the molecule is CNc1ccc([N+](=O)[O-])cc1.CO. The first-order chi connectivity index (χ1) is 6.24. The van der Waals surface area contributed by atoms with E-state index < -0.39 is 4.92 Å². The van der Waals surface area contributed by atoms with Crippen LogP contribution in [0, 0.1) is 10.1 Å². The number of rotatable bonds is 2. The van der Waals surface area contributed by atoms with Gasteiger partial charge in [0.1, 0.15) is 0 Å². The van der Waals surface area contributed by atoms with Gasteiger partial charge in [-0.1, -0.05) is 0 Å². The highest BCUT2D eigenvalue weighted by atomic mass is 16.6. The van der Waals surface area contributed by atoms with Gasteiger partial charge in [-0.2, -0.15) is 0 Å². The first kappa shape index (κ1) is 11.4. The van der Waals surface area contributed by atoms with Crippen LogP contribution in [-0.4, -0.2) is 24.2 Å². The van der Waals surface area contributed by atoms with E-state index in [2.05, 4.69) is 5.32 Å². The molecule has 0 saturated heterocycles. The predicted octanol–water partition coefficient (Wildman–Crippen LogP) is 1.24. The van der Waals surface area contributed by atoms with Gasteiger partial charge in [0, 0.05) is 32.0 Å². The third kappa shape index (κ3) is 3.53. The standard InChI is InChI=1S/C7H8N2O2.CH4O/c1-8-6-2-4-7(5-3-6)9(10)11;1-2/h2-5,8H,1H3;2H,1H3. The van der Waals surface area contributed by atoms with Gasteiger partial charge in [0.25, 0.3) is 5.69 Å². The van der Waals surface area contributed by atoms with Gasteiger partial charge in [-0.25, -0.2) is 0 Å². The molecule has 0 spiro atoms.